The van der Waals surface area contributed by atoms with Gasteiger partial charge in [0.05, 0.1) is 22.8 Å². The summed E-state index contributed by atoms with van der Waals surface area (Å²) >= 11 is 0. The van der Waals surface area contributed by atoms with Crippen LogP contribution in [0.3, 0.4) is 0 Å². The van der Waals surface area contributed by atoms with Crippen molar-refractivity contribution in [2.45, 2.75) is 19.3 Å². The average molecular weight is 435 g/mol. The molecule has 0 aliphatic carbocycles. The molecule has 1 fully saturated rings. The van der Waals surface area contributed by atoms with Gasteiger partial charge in [-0.1, -0.05) is 12.1 Å². The average Bonchev–Trinajstić information content (AvgIpc) is 2.82. The molecule has 4 rings (SSSR count). The third-order valence-corrected chi connectivity index (χ3v) is 6.15. The van der Waals surface area contributed by atoms with Gasteiger partial charge in [-0.3, -0.25) is 9.59 Å². The minimum atomic E-state index is -0.180. The number of nitrogens with zero attached hydrogens (tertiary/aromatic N) is 4. The highest BCUT2D eigenvalue weighted by Gasteiger charge is 2.21. The number of fused-ring (bicyclic) bond motifs is 1. The van der Waals surface area contributed by atoms with Crippen molar-refractivity contribution in [2.75, 3.05) is 45.2 Å². The Hall–Kier alpha value is -3.26. The van der Waals surface area contributed by atoms with Gasteiger partial charge in [-0.05, 0) is 49.6 Å². The molecule has 168 valence electrons. The molecule has 3 aromatic rings. The lowest BCUT2D eigenvalue weighted by molar-refractivity contribution is 0.0958. The van der Waals surface area contributed by atoms with Crippen molar-refractivity contribution in [3.05, 3.63) is 64.5 Å². The number of anilines is 1. The highest BCUT2D eigenvalue weighted by Crippen LogP contribution is 2.20. The Kier molecular flexibility index (Phi) is 6.80. The van der Waals surface area contributed by atoms with Gasteiger partial charge in [-0.15, -0.1) is 0 Å². The molecule has 1 unspecified atom stereocenters. The van der Waals surface area contributed by atoms with Gasteiger partial charge in [0.2, 0.25) is 0 Å². The summed E-state index contributed by atoms with van der Waals surface area (Å²) in [5.74, 6) is 1.08. The number of rotatable bonds is 7. The van der Waals surface area contributed by atoms with Crippen molar-refractivity contribution in [1.82, 2.24) is 25.2 Å². The van der Waals surface area contributed by atoms with Crippen LogP contribution in [0.4, 0.5) is 5.69 Å². The summed E-state index contributed by atoms with van der Waals surface area (Å²) in [6.45, 7) is 3.91. The normalized spacial score (nSPS) is 16.8. The molecule has 0 spiro atoms. The van der Waals surface area contributed by atoms with Crippen LogP contribution in [0.25, 0.3) is 10.9 Å². The SMILES string of the molecule is CNC(=O)c1ccc(N(C)CCN2CCCC(Cc3nc4ccccc4c(=O)[nH]3)C2)cn1. The number of H-pyrrole nitrogens is 1. The number of nitrogens with one attached hydrogen (secondary N) is 2. The van der Waals surface area contributed by atoms with E-state index in [2.05, 4.69) is 30.1 Å². The molecule has 1 aromatic carbocycles. The number of piperidine rings is 1. The molecule has 1 atom stereocenters. The molecule has 8 nitrogen and oxygen atoms in total. The van der Waals surface area contributed by atoms with Gasteiger partial charge in [0.15, 0.2) is 0 Å². The summed E-state index contributed by atoms with van der Waals surface area (Å²) < 4.78 is 0. The number of likely N-dealkylation sites (N-methyl/N-ethyl adjacent to an activating group) is 1. The third kappa shape index (κ3) is 5.13. The second-order valence-corrected chi connectivity index (χ2v) is 8.45. The zero-order valence-electron chi connectivity index (χ0n) is 18.7. The van der Waals surface area contributed by atoms with E-state index >= 15 is 0 Å². The summed E-state index contributed by atoms with van der Waals surface area (Å²) in [6.07, 6.45) is 4.82. The van der Waals surface area contributed by atoms with Crippen LogP contribution in [0.5, 0.6) is 0 Å². The maximum absolute atomic E-state index is 12.4. The Bertz CT molecular complexity index is 1130. The Labute approximate surface area is 187 Å². The van der Waals surface area contributed by atoms with E-state index in [1.165, 1.54) is 0 Å². The number of aromatic nitrogens is 3. The van der Waals surface area contributed by atoms with Gasteiger partial charge in [-0.2, -0.15) is 0 Å². The number of hydrogen-bond donors (Lipinski definition) is 2. The molecule has 1 amide bonds. The maximum Gasteiger partial charge on any atom is 0.269 e. The number of para-hydroxylation sites is 1. The maximum atomic E-state index is 12.4. The van der Waals surface area contributed by atoms with Crippen LogP contribution in [0.15, 0.2) is 47.4 Å². The molecule has 0 radical (unpaired) electrons. The minimum Gasteiger partial charge on any atom is -0.372 e. The first-order valence-electron chi connectivity index (χ1n) is 11.1. The number of carbonyl (C=O) groups is 1. The lowest BCUT2D eigenvalue weighted by Crippen LogP contribution is -2.40. The fourth-order valence-corrected chi connectivity index (χ4v) is 4.32. The first-order valence-corrected chi connectivity index (χ1v) is 11.1. The molecule has 1 aliphatic rings. The predicted molar refractivity (Wildman–Crippen MR) is 126 cm³/mol. The summed E-state index contributed by atoms with van der Waals surface area (Å²) in [4.78, 5) is 40.5. The molecule has 2 aromatic heterocycles. The number of likely N-dealkylation sites (tertiary alicyclic amines) is 1. The molecule has 8 heteroatoms. The minimum absolute atomic E-state index is 0.0593. The quantitative estimate of drug-likeness (QED) is 0.591. The summed E-state index contributed by atoms with van der Waals surface area (Å²) in [5.41, 5.74) is 2.11. The number of amides is 1. The van der Waals surface area contributed by atoms with Gasteiger partial charge in [0.25, 0.3) is 11.5 Å². The van der Waals surface area contributed by atoms with Gasteiger partial charge in [0, 0.05) is 40.2 Å². The zero-order valence-corrected chi connectivity index (χ0v) is 18.7. The lowest BCUT2D eigenvalue weighted by atomic mass is 9.94. The van der Waals surface area contributed by atoms with Crippen molar-refractivity contribution in [3.8, 4) is 0 Å². The summed E-state index contributed by atoms with van der Waals surface area (Å²) in [6, 6.07) is 11.2. The van der Waals surface area contributed by atoms with Gasteiger partial charge in [-0.25, -0.2) is 9.97 Å². The van der Waals surface area contributed by atoms with Crippen LogP contribution >= 0.6 is 0 Å². The Balaban J connectivity index is 1.32. The second kappa shape index (κ2) is 9.91. The molecule has 32 heavy (non-hydrogen) atoms. The van der Waals surface area contributed by atoms with E-state index in [4.69, 9.17) is 0 Å². The smallest absolute Gasteiger partial charge is 0.269 e. The molecule has 1 saturated heterocycles. The van der Waals surface area contributed by atoms with Gasteiger partial charge in [0.1, 0.15) is 11.5 Å². The second-order valence-electron chi connectivity index (χ2n) is 8.45. The number of hydrogen-bond acceptors (Lipinski definition) is 6. The van der Waals surface area contributed by atoms with E-state index < -0.39 is 0 Å². The Morgan fingerprint density at radius 2 is 2.12 bits per heavy atom. The van der Waals surface area contributed by atoms with Crippen molar-refractivity contribution >= 4 is 22.5 Å². The van der Waals surface area contributed by atoms with E-state index in [1.807, 2.05) is 37.4 Å². The van der Waals surface area contributed by atoms with Crippen molar-refractivity contribution in [1.29, 1.82) is 0 Å². The molecular weight excluding hydrogens is 404 g/mol. The summed E-state index contributed by atoms with van der Waals surface area (Å²) in [5, 5.41) is 3.23. The van der Waals surface area contributed by atoms with E-state index in [-0.39, 0.29) is 11.5 Å². The molecule has 3 heterocycles. The third-order valence-electron chi connectivity index (χ3n) is 6.15. The number of carbonyl (C=O) groups excluding carboxylic acids is 1. The first kappa shape index (κ1) is 22.0. The fourth-order valence-electron chi connectivity index (χ4n) is 4.32. The molecule has 0 bridgehead atoms. The van der Waals surface area contributed by atoms with Crippen LogP contribution in [-0.4, -0.2) is 66.0 Å². The molecular formula is C24H30N6O2. The van der Waals surface area contributed by atoms with Crippen LogP contribution in [0.2, 0.25) is 0 Å². The molecule has 2 N–H and O–H groups in total. The van der Waals surface area contributed by atoms with E-state index in [0.29, 0.717) is 17.0 Å². The van der Waals surface area contributed by atoms with Gasteiger partial charge >= 0.3 is 0 Å². The zero-order chi connectivity index (χ0) is 22.5. The topological polar surface area (TPSA) is 94.2 Å². The predicted octanol–water partition coefficient (Wildman–Crippen LogP) is 2.07. The number of benzene rings is 1. The van der Waals surface area contributed by atoms with E-state index in [0.717, 1.165) is 62.5 Å². The lowest BCUT2D eigenvalue weighted by Gasteiger charge is -2.34. The number of aromatic amines is 1. The fraction of sp³-hybridized carbons (Fsp3) is 0.417. The standard InChI is InChI=1S/C24H30N6O2/c1-25-24(32)21-10-9-18(15-26-21)29(2)12-13-30-11-5-6-17(16-30)14-22-27-20-8-4-3-7-19(20)23(31)28-22/h3-4,7-10,15,17H,5-6,11-14,16H2,1-2H3,(H,25,32)(H,27,28,31). The largest absolute Gasteiger partial charge is 0.372 e. The Morgan fingerprint density at radius 3 is 2.91 bits per heavy atom. The Morgan fingerprint density at radius 1 is 1.28 bits per heavy atom. The van der Waals surface area contributed by atoms with E-state index in [9.17, 15) is 9.59 Å². The van der Waals surface area contributed by atoms with Crippen LogP contribution in [0, 0.1) is 5.92 Å². The highest BCUT2D eigenvalue weighted by atomic mass is 16.1. The van der Waals surface area contributed by atoms with Crippen molar-refractivity contribution in [2.24, 2.45) is 5.92 Å². The van der Waals surface area contributed by atoms with E-state index in [1.54, 1.807) is 19.3 Å². The monoisotopic (exact) mass is 434 g/mol. The van der Waals surface area contributed by atoms with Crippen LogP contribution < -0.4 is 15.8 Å². The molecule has 0 saturated carbocycles. The first-order chi connectivity index (χ1) is 15.5. The van der Waals surface area contributed by atoms with Gasteiger partial charge < -0.3 is 20.1 Å². The summed E-state index contributed by atoms with van der Waals surface area (Å²) in [7, 11) is 3.64. The van der Waals surface area contributed by atoms with Crippen molar-refractivity contribution in [3.63, 3.8) is 0 Å². The molecule has 1 aliphatic heterocycles. The highest BCUT2D eigenvalue weighted by molar-refractivity contribution is 5.92. The number of pyridine rings is 1. The van der Waals surface area contributed by atoms with Crippen LogP contribution in [-0.2, 0) is 6.42 Å². The van der Waals surface area contributed by atoms with Crippen molar-refractivity contribution < 1.29 is 4.79 Å². The van der Waals surface area contributed by atoms with Crippen LogP contribution in [0.1, 0.15) is 29.2 Å².